The monoisotopic (exact) mass is 352 g/mol. The first-order chi connectivity index (χ1) is 10.3. The molecule has 1 amide bonds. The van der Waals surface area contributed by atoms with E-state index in [0.717, 1.165) is 24.9 Å². The van der Waals surface area contributed by atoms with Crippen LogP contribution in [0.5, 0.6) is 5.75 Å². The summed E-state index contributed by atoms with van der Waals surface area (Å²) in [5.74, 6) is 0.0967. The minimum atomic E-state index is -4.35. The van der Waals surface area contributed by atoms with Crippen LogP contribution in [-0.2, 0) is 4.79 Å². The van der Waals surface area contributed by atoms with Crippen molar-refractivity contribution < 1.29 is 22.7 Å². The van der Waals surface area contributed by atoms with Gasteiger partial charge in [-0.25, -0.2) is 0 Å². The van der Waals surface area contributed by atoms with E-state index in [1.807, 2.05) is 6.92 Å². The number of hydrogen-bond donors (Lipinski definition) is 2. The third kappa shape index (κ3) is 6.27. The predicted molar refractivity (Wildman–Crippen MR) is 82.8 cm³/mol. The van der Waals surface area contributed by atoms with Gasteiger partial charge in [-0.3, -0.25) is 4.79 Å². The number of carbonyl (C=O) groups excluding carboxylic acids is 1. The van der Waals surface area contributed by atoms with Gasteiger partial charge in [0.1, 0.15) is 5.75 Å². The Morgan fingerprint density at radius 2 is 2.04 bits per heavy atom. The highest BCUT2D eigenvalue weighted by Crippen LogP contribution is 2.21. The van der Waals surface area contributed by atoms with Gasteiger partial charge in [-0.15, -0.1) is 12.4 Å². The van der Waals surface area contributed by atoms with Crippen LogP contribution in [-0.4, -0.2) is 31.3 Å². The highest BCUT2D eigenvalue weighted by Gasteiger charge is 2.28. The molecule has 4 nitrogen and oxygen atoms in total. The zero-order valence-electron chi connectivity index (χ0n) is 12.7. The standard InChI is InChI=1S/C15H19F3N2O2.ClH/c1-10(20-14(21)13-3-2-8-19-13)11-4-6-12(7-5-11)22-9-15(16,17)18;/h4-7,10,13,19H,2-3,8-9H2,1H3,(H,20,21);1H. The van der Waals surface area contributed by atoms with E-state index in [9.17, 15) is 18.0 Å². The quantitative estimate of drug-likeness (QED) is 0.856. The topological polar surface area (TPSA) is 50.4 Å². The molecule has 130 valence electrons. The lowest BCUT2D eigenvalue weighted by molar-refractivity contribution is -0.153. The van der Waals surface area contributed by atoms with Crippen molar-refractivity contribution in [1.29, 1.82) is 0 Å². The average molecular weight is 353 g/mol. The molecule has 1 aliphatic rings. The predicted octanol–water partition coefficient (Wildman–Crippen LogP) is 2.98. The van der Waals surface area contributed by atoms with Crippen LogP contribution in [0.15, 0.2) is 24.3 Å². The molecule has 1 heterocycles. The molecule has 1 aliphatic heterocycles. The van der Waals surface area contributed by atoms with Gasteiger partial charge < -0.3 is 15.4 Å². The Hall–Kier alpha value is -1.47. The summed E-state index contributed by atoms with van der Waals surface area (Å²) in [5, 5.41) is 6.01. The van der Waals surface area contributed by atoms with Crippen molar-refractivity contribution in [1.82, 2.24) is 10.6 Å². The number of nitrogens with one attached hydrogen (secondary N) is 2. The molecule has 1 aromatic rings. The second kappa shape index (κ2) is 8.40. The summed E-state index contributed by atoms with van der Waals surface area (Å²) in [5.41, 5.74) is 0.811. The van der Waals surface area contributed by atoms with E-state index in [2.05, 4.69) is 15.4 Å². The Balaban J connectivity index is 0.00000264. The normalized spacial score (nSPS) is 18.9. The fourth-order valence-corrected chi connectivity index (χ4v) is 2.32. The zero-order chi connectivity index (χ0) is 16.2. The van der Waals surface area contributed by atoms with Gasteiger partial charge in [0.05, 0.1) is 12.1 Å². The van der Waals surface area contributed by atoms with Crippen LogP contribution in [0.25, 0.3) is 0 Å². The van der Waals surface area contributed by atoms with Gasteiger partial charge in [-0.1, -0.05) is 12.1 Å². The van der Waals surface area contributed by atoms with Crippen molar-refractivity contribution in [2.24, 2.45) is 0 Å². The van der Waals surface area contributed by atoms with Gasteiger partial charge in [-0.05, 0) is 44.0 Å². The van der Waals surface area contributed by atoms with Crippen molar-refractivity contribution in [3.05, 3.63) is 29.8 Å². The molecule has 0 bridgehead atoms. The van der Waals surface area contributed by atoms with E-state index in [4.69, 9.17) is 0 Å². The molecule has 2 rings (SSSR count). The van der Waals surface area contributed by atoms with E-state index in [1.165, 1.54) is 12.1 Å². The molecule has 0 aliphatic carbocycles. The molecule has 0 aromatic heterocycles. The van der Waals surface area contributed by atoms with Crippen molar-refractivity contribution in [2.75, 3.05) is 13.2 Å². The van der Waals surface area contributed by atoms with E-state index < -0.39 is 12.8 Å². The summed E-state index contributed by atoms with van der Waals surface area (Å²) in [6.45, 7) is 1.36. The Morgan fingerprint density at radius 1 is 1.39 bits per heavy atom. The highest BCUT2D eigenvalue weighted by molar-refractivity contribution is 5.85. The minimum Gasteiger partial charge on any atom is -0.484 e. The number of hydrogen-bond acceptors (Lipinski definition) is 3. The molecule has 2 N–H and O–H groups in total. The lowest BCUT2D eigenvalue weighted by atomic mass is 10.1. The molecule has 23 heavy (non-hydrogen) atoms. The summed E-state index contributed by atoms with van der Waals surface area (Å²) in [4.78, 5) is 12.0. The molecule has 8 heteroatoms. The first-order valence-electron chi connectivity index (χ1n) is 7.18. The van der Waals surface area contributed by atoms with Gasteiger partial charge in [0.15, 0.2) is 6.61 Å². The lowest BCUT2D eigenvalue weighted by Gasteiger charge is -2.18. The number of benzene rings is 1. The Kier molecular flexibility index (Phi) is 7.15. The third-order valence-corrected chi connectivity index (χ3v) is 3.52. The number of alkyl halides is 3. The van der Waals surface area contributed by atoms with Gasteiger partial charge in [0, 0.05) is 0 Å². The third-order valence-electron chi connectivity index (χ3n) is 3.52. The molecule has 0 radical (unpaired) electrons. The minimum absolute atomic E-state index is 0. The van der Waals surface area contributed by atoms with Crippen molar-refractivity contribution in [2.45, 2.75) is 38.0 Å². The number of carbonyl (C=O) groups is 1. The number of halogens is 4. The van der Waals surface area contributed by atoms with Gasteiger partial charge >= 0.3 is 6.18 Å². The maximum absolute atomic E-state index is 12.1. The van der Waals surface area contributed by atoms with Crippen LogP contribution in [0.2, 0.25) is 0 Å². The van der Waals surface area contributed by atoms with Crippen molar-refractivity contribution in [3.8, 4) is 5.75 Å². The Labute approximate surface area is 139 Å². The van der Waals surface area contributed by atoms with Crippen LogP contribution in [0.3, 0.4) is 0 Å². The molecule has 0 saturated carbocycles. The molecule has 1 fully saturated rings. The Morgan fingerprint density at radius 3 is 2.57 bits per heavy atom. The summed E-state index contributed by atoms with van der Waals surface area (Å²) in [6, 6.07) is 5.87. The summed E-state index contributed by atoms with van der Waals surface area (Å²) in [6.07, 6.45) is -2.55. The lowest BCUT2D eigenvalue weighted by Crippen LogP contribution is -2.41. The first kappa shape index (κ1) is 19.6. The largest absolute Gasteiger partial charge is 0.484 e. The van der Waals surface area contributed by atoms with Crippen molar-refractivity contribution in [3.63, 3.8) is 0 Å². The molecule has 2 unspecified atom stereocenters. The zero-order valence-corrected chi connectivity index (χ0v) is 13.5. The second-order valence-corrected chi connectivity index (χ2v) is 5.35. The average Bonchev–Trinajstić information content (AvgIpc) is 2.99. The van der Waals surface area contributed by atoms with Gasteiger partial charge in [-0.2, -0.15) is 13.2 Å². The maximum Gasteiger partial charge on any atom is 0.422 e. The number of ether oxygens (including phenoxy) is 1. The van der Waals surface area contributed by atoms with Crippen LogP contribution in [0.4, 0.5) is 13.2 Å². The SMILES string of the molecule is CC(NC(=O)C1CCCN1)c1ccc(OCC(F)(F)F)cc1.Cl. The van der Waals surface area contributed by atoms with Gasteiger partial charge in [0.25, 0.3) is 0 Å². The number of amides is 1. The molecule has 1 aromatic carbocycles. The smallest absolute Gasteiger partial charge is 0.422 e. The van der Waals surface area contributed by atoms with Crippen LogP contribution in [0.1, 0.15) is 31.4 Å². The first-order valence-corrected chi connectivity index (χ1v) is 7.18. The molecular weight excluding hydrogens is 333 g/mol. The summed E-state index contributed by atoms with van der Waals surface area (Å²) in [7, 11) is 0. The molecule has 2 atom stereocenters. The van der Waals surface area contributed by atoms with E-state index in [1.54, 1.807) is 12.1 Å². The van der Waals surface area contributed by atoms with E-state index in [-0.39, 0.29) is 36.1 Å². The Bertz CT molecular complexity index is 502. The van der Waals surface area contributed by atoms with E-state index in [0.29, 0.717) is 0 Å². The summed E-state index contributed by atoms with van der Waals surface area (Å²) >= 11 is 0. The molecule has 1 saturated heterocycles. The van der Waals surface area contributed by atoms with Gasteiger partial charge in [0.2, 0.25) is 5.91 Å². The maximum atomic E-state index is 12.1. The second-order valence-electron chi connectivity index (χ2n) is 5.35. The van der Waals surface area contributed by atoms with Crippen LogP contribution < -0.4 is 15.4 Å². The van der Waals surface area contributed by atoms with E-state index >= 15 is 0 Å². The molecule has 0 spiro atoms. The summed E-state index contributed by atoms with van der Waals surface area (Å²) < 4.78 is 40.8. The fraction of sp³-hybridized carbons (Fsp3) is 0.533. The number of rotatable bonds is 5. The molecular formula is C15H20ClF3N2O2. The van der Waals surface area contributed by atoms with Crippen LogP contribution >= 0.6 is 12.4 Å². The van der Waals surface area contributed by atoms with Crippen molar-refractivity contribution >= 4 is 18.3 Å². The fourth-order valence-electron chi connectivity index (χ4n) is 2.32. The highest BCUT2D eigenvalue weighted by atomic mass is 35.5. The van der Waals surface area contributed by atoms with Crippen LogP contribution in [0, 0.1) is 0 Å².